The Labute approximate surface area is 197 Å². The van der Waals surface area contributed by atoms with Gasteiger partial charge >= 0.3 is 0 Å². The zero-order valence-corrected chi connectivity index (χ0v) is 20.2. The molecule has 0 radical (unpaired) electrons. The van der Waals surface area contributed by atoms with Crippen LogP contribution >= 0.6 is 22.9 Å². The van der Waals surface area contributed by atoms with Crippen LogP contribution in [0.3, 0.4) is 0 Å². The molecular formula is C29H27ClOS. The second-order valence-corrected chi connectivity index (χ2v) is 10.3. The SMILES string of the molecule is CCCCc1ccc(CCCC)c2cc3cc4c(=O)c5cc(Cl)ccc5sc4cc3cc12. The van der Waals surface area contributed by atoms with Crippen molar-refractivity contribution in [3.05, 3.63) is 81.0 Å². The van der Waals surface area contributed by atoms with Gasteiger partial charge in [0, 0.05) is 25.2 Å². The standard InChI is InChI=1S/C29H27ClOS/c1-3-5-7-18-9-10-19(8-6-4-2)24-14-21-16-28-25(15-20(21)13-23(18)24)29(31)26-17-22(30)11-12-27(26)32-28/h9-17H,3-8H2,1-2H3. The van der Waals surface area contributed by atoms with Crippen molar-refractivity contribution in [1.82, 2.24) is 0 Å². The molecule has 5 rings (SSSR count). The van der Waals surface area contributed by atoms with Crippen molar-refractivity contribution >= 4 is 64.7 Å². The number of fused-ring (bicyclic) bond motifs is 4. The number of unbranched alkanes of at least 4 members (excludes halogenated alkanes) is 2. The van der Waals surface area contributed by atoms with E-state index in [1.54, 1.807) is 17.4 Å². The average Bonchev–Trinajstić information content (AvgIpc) is 2.80. The Morgan fingerprint density at radius 1 is 0.688 bits per heavy atom. The summed E-state index contributed by atoms with van der Waals surface area (Å²) in [5.41, 5.74) is 2.92. The van der Waals surface area contributed by atoms with Gasteiger partial charge in [0.25, 0.3) is 0 Å². The zero-order valence-electron chi connectivity index (χ0n) is 18.6. The lowest BCUT2D eigenvalue weighted by molar-refractivity contribution is 0.792. The van der Waals surface area contributed by atoms with Crippen molar-refractivity contribution in [3.63, 3.8) is 0 Å². The first-order valence-electron chi connectivity index (χ1n) is 11.6. The smallest absolute Gasteiger partial charge is 0.195 e. The first-order chi connectivity index (χ1) is 15.6. The topological polar surface area (TPSA) is 17.1 Å². The highest BCUT2D eigenvalue weighted by Crippen LogP contribution is 2.34. The van der Waals surface area contributed by atoms with E-state index in [1.807, 2.05) is 12.1 Å². The van der Waals surface area contributed by atoms with Crippen LogP contribution < -0.4 is 5.43 Å². The molecule has 0 fully saturated rings. The number of hydrogen-bond donors (Lipinski definition) is 0. The Kier molecular flexibility index (Phi) is 5.92. The summed E-state index contributed by atoms with van der Waals surface area (Å²) in [5.74, 6) is 0. The summed E-state index contributed by atoms with van der Waals surface area (Å²) >= 11 is 7.85. The maximum Gasteiger partial charge on any atom is 0.195 e. The van der Waals surface area contributed by atoms with Crippen LogP contribution in [0.25, 0.3) is 41.7 Å². The molecule has 0 atom stereocenters. The molecule has 1 nitrogen and oxygen atoms in total. The molecule has 1 heterocycles. The van der Waals surface area contributed by atoms with Gasteiger partial charge in [0.05, 0.1) is 0 Å². The minimum Gasteiger partial charge on any atom is -0.289 e. The highest BCUT2D eigenvalue weighted by molar-refractivity contribution is 7.24. The van der Waals surface area contributed by atoms with Gasteiger partial charge in [0.2, 0.25) is 0 Å². The van der Waals surface area contributed by atoms with Crippen LogP contribution in [0.15, 0.2) is 59.4 Å². The minimum atomic E-state index is 0.0705. The molecule has 0 N–H and O–H groups in total. The molecule has 162 valence electrons. The van der Waals surface area contributed by atoms with E-state index in [2.05, 4.69) is 50.2 Å². The molecule has 0 saturated heterocycles. The monoisotopic (exact) mass is 458 g/mol. The van der Waals surface area contributed by atoms with Crippen molar-refractivity contribution in [2.45, 2.75) is 52.4 Å². The van der Waals surface area contributed by atoms with Gasteiger partial charge < -0.3 is 0 Å². The van der Waals surface area contributed by atoms with Crippen LogP contribution in [0.4, 0.5) is 0 Å². The molecule has 0 aliphatic heterocycles. The predicted octanol–water partition coefficient (Wildman–Crippen LogP) is 9.06. The zero-order chi connectivity index (χ0) is 22.2. The summed E-state index contributed by atoms with van der Waals surface area (Å²) in [5, 5.41) is 7.17. The maximum absolute atomic E-state index is 13.3. The fraction of sp³-hybridized carbons (Fsp3) is 0.276. The van der Waals surface area contributed by atoms with Crippen molar-refractivity contribution in [3.8, 4) is 0 Å². The molecule has 0 aliphatic carbocycles. The van der Waals surface area contributed by atoms with Crippen LogP contribution in [-0.4, -0.2) is 0 Å². The molecule has 0 saturated carbocycles. The Morgan fingerprint density at radius 3 is 1.88 bits per heavy atom. The fourth-order valence-electron chi connectivity index (χ4n) is 4.71. The van der Waals surface area contributed by atoms with Gasteiger partial charge in [-0.25, -0.2) is 0 Å². The number of halogens is 1. The lowest BCUT2D eigenvalue weighted by Gasteiger charge is -2.13. The van der Waals surface area contributed by atoms with E-state index in [0.717, 1.165) is 33.0 Å². The number of aryl methyl sites for hydroxylation is 2. The molecule has 0 aliphatic rings. The lowest BCUT2D eigenvalue weighted by Crippen LogP contribution is -2.01. The molecule has 0 bridgehead atoms. The number of hydrogen-bond acceptors (Lipinski definition) is 2. The van der Waals surface area contributed by atoms with Gasteiger partial charge in [-0.1, -0.05) is 50.4 Å². The molecule has 0 unspecified atom stereocenters. The second kappa shape index (κ2) is 8.84. The van der Waals surface area contributed by atoms with Crippen molar-refractivity contribution in [2.75, 3.05) is 0 Å². The molecule has 5 aromatic rings. The molecular weight excluding hydrogens is 432 g/mol. The lowest BCUT2D eigenvalue weighted by atomic mass is 9.91. The summed E-state index contributed by atoms with van der Waals surface area (Å²) in [6.45, 7) is 4.49. The number of benzene rings is 4. The largest absolute Gasteiger partial charge is 0.289 e. The quantitative estimate of drug-likeness (QED) is 0.232. The van der Waals surface area contributed by atoms with Gasteiger partial charge in [0.1, 0.15) is 0 Å². The van der Waals surface area contributed by atoms with E-state index >= 15 is 0 Å². The van der Waals surface area contributed by atoms with Gasteiger partial charge in [-0.3, -0.25) is 4.79 Å². The molecule has 1 aromatic heterocycles. The molecule has 32 heavy (non-hydrogen) atoms. The van der Waals surface area contributed by atoms with Crippen LogP contribution in [-0.2, 0) is 12.8 Å². The highest BCUT2D eigenvalue weighted by Gasteiger charge is 2.12. The summed E-state index contributed by atoms with van der Waals surface area (Å²) in [6, 6.07) is 19.2. The van der Waals surface area contributed by atoms with Crippen molar-refractivity contribution < 1.29 is 0 Å². The third kappa shape index (κ3) is 3.80. The van der Waals surface area contributed by atoms with Crippen molar-refractivity contribution in [1.29, 1.82) is 0 Å². The van der Waals surface area contributed by atoms with Crippen molar-refractivity contribution in [2.24, 2.45) is 0 Å². The maximum atomic E-state index is 13.3. The van der Waals surface area contributed by atoms with Gasteiger partial charge in [-0.15, -0.1) is 11.3 Å². The van der Waals surface area contributed by atoms with E-state index in [0.29, 0.717) is 10.4 Å². The Balaban J connectivity index is 1.81. The summed E-state index contributed by atoms with van der Waals surface area (Å²) in [6.07, 6.45) is 6.99. The van der Waals surface area contributed by atoms with Crippen LogP contribution in [0.1, 0.15) is 50.7 Å². The highest BCUT2D eigenvalue weighted by atomic mass is 35.5. The number of rotatable bonds is 6. The Morgan fingerprint density at radius 2 is 1.25 bits per heavy atom. The molecule has 3 heteroatoms. The summed E-state index contributed by atoms with van der Waals surface area (Å²) in [4.78, 5) is 13.3. The fourth-order valence-corrected chi connectivity index (χ4v) is 5.96. The molecule has 0 spiro atoms. The summed E-state index contributed by atoms with van der Waals surface area (Å²) < 4.78 is 2.02. The average molecular weight is 459 g/mol. The van der Waals surface area contributed by atoms with E-state index < -0.39 is 0 Å². The molecule has 0 amide bonds. The van der Waals surface area contributed by atoms with Gasteiger partial charge in [-0.2, -0.15) is 0 Å². The van der Waals surface area contributed by atoms with Gasteiger partial charge in [-0.05, 0) is 101 Å². The van der Waals surface area contributed by atoms with Gasteiger partial charge in [0.15, 0.2) is 5.43 Å². The normalized spacial score (nSPS) is 11.8. The first-order valence-corrected chi connectivity index (χ1v) is 12.8. The third-order valence-corrected chi connectivity index (χ3v) is 7.87. The van der Waals surface area contributed by atoms with Crippen LogP contribution in [0, 0.1) is 0 Å². The van der Waals surface area contributed by atoms with Crippen LogP contribution in [0.5, 0.6) is 0 Å². The third-order valence-electron chi connectivity index (χ3n) is 6.50. The summed E-state index contributed by atoms with van der Waals surface area (Å²) in [7, 11) is 0. The van der Waals surface area contributed by atoms with E-state index in [9.17, 15) is 4.79 Å². The Bertz CT molecular complexity index is 1530. The van der Waals surface area contributed by atoms with E-state index in [-0.39, 0.29) is 5.43 Å². The van der Waals surface area contributed by atoms with E-state index in [1.165, 1.54) is 53.0 Å². The first kappa shape index (κ1) is 21.4. The predicted molar refractivity (Wildman–Crippen MR) is 143 cm³/mol. The Hall–Kier alpha value is -2.42. The van der Waals surface area contributed by atoms with Crippen LogP contribution in [0.2, 0.25) is 5.02 Å². The van der Waals surface area contributed by atoms with E-state index in [4.69, 9.17) is 11.6 Å². The second-order valence-electron chi connectivity index (χ2n) is 8.76. The molecule has 4 aromatic carbocycles. The minimum absolute atomic E-state index is 0.0705.